The van der Waals surface area contributed by atoms with Crippen LogP contribution in [0.5, 0.6) is 0 Å². The molecule has 5 aromatic rings. The number of anilines is 3. The van der Waals surface area contributed by atoms with Gasteiger partial charge in [0.05, 0.1) is 5.69 Å². The van der Waals surface area contributed by atoms with E-state index in [-0.39, 0.29) is 37.9 Å². The minimum Gasteiger partial charge on any atom is -0.310 e. The van der Waals surface area contributed by atoms with Crippen LogP contribution >= 0.6 is 0 Å². The number of benzene rings is 5. The quantitative estimate of drug-likeness (QED) is 0.176. The van der Waals surface area contributed by atoms with Crippen molar-refractivity contribution in [2.24, 2.45) is 0 Å². The Hall–Kier alpha value is -4.10. The molecule has 0 aromatic heterocycles. The van der Waals surface area contributed by atoms with Crippen LogP contribution in [0.3, 0.4) is 0 Å². The molecule has 0 heterocycles. The fourth-order valence-corrected chi connectivity index (χ4v) is 11.8. The van der Waals surface area contributed by atoms with Crippen molar-refractivity contribution in [1.82, 2.24) is 0 Å². The Balaban J connectivity index is 1.38. The van der Waals surface area contributed by atoms with Crippen molar-refractivity contribution in [2.45, 2.75) is 173 Å². The zero-order valence-corrected chi connectivity index (χ0v) is 38.4. The Bertz CT molecular complexity index is 2410. The summed E-state index contributed by atoms with van der Waals surface area (Å²) in [4.78, 5) is 2.67. The van der Waals surface area contributed by atoms with Gasteiger partial charge in [-0.2, -0.15) is 0 Å². The van der Waals surface area contributed by atoms with E-state index in [0.717, 1.165) is 0 Å². The smallest absolute Gasteiger partial charge is 0.0543 e. The normalized spacial score (nSPS) is 21.8. The van der Waals surface area contributed by atoms with Gasteiger partial charge in [0.2, 0.25) is 0 Å². The molecule has 0 saturated heterocycles. The molecule has 5 aromatic carbocycles. The second-order valence-corrected chi connectivity index (χ2v) is 23.4. The van der Waals surface area contributed by atoms with Gasteiger partial charge in [-0.15, -0.1) is 0 Å². The molecule has 0 amide bonds. The fourth-order valence-electron chi connectivity index (χ4n) is 11.8. The van der Waals surface area contributed by atoms with Crippen molar-refractivity contribution in [3.63, 3.8) is 0 Å². The standard InChI is InChI=1S/C57H69N/c1-51(2)25-28-54(7,8)47-31-36(19-22-43(47)51)40-34-41-39-17-15-16-18-42(39)57(13,14)46(41)35-50(40)58(37-20-23-44-48(32-37)55(9,10)29-26-52(44,3)4)38-21-24-45-49(33-38)56(11,12)30-27-53(45,5)6/h15-24,31-35H,25-30H2,1-14H3. The third-order valence-corrected chi connectivity index (χ3v) is 16.3. The van der Waals surface area contributed by atoms with Gasteiger partial charge in [-0.3, -0.25) is 0 Å². The molecule has 0 saturated carbocycles. The summed E-state index contributed by atoms with van der Waals surface area (Å²) in [6.07, 6.45) is 7.22. The second kappa shape index (κ2) is 12.5. The molecule has 0 unspecified atom stereocenters. The van der Waals surface area contributed by atoms with E-state index < -0.39 is 0 Å². The van der Waals surface area contributed by atoms with Gasteiger partial charge in [0, 0.05) is 22.4 Å². The maximum Gasteiger partial charge on any atom is 0.0543 e. The Morgan fingerprint density at radius 2 is 0.741 bits per heavy atom. The maximum absolute atomic E-state index is 2.67. The van der Waals surface area contributed by atoms with Crippen LogP contribution in [-0.2, 0) is 37.9 Å². The van der Waals surface area contributed by atoms with E-state index in [2.05, 4.69) is 193 Å². The van der Waals surface area contributed by atoms with E-state index in [1.54, 1.807) is 0 Å². The Morgan fingerprint density at radius 1 is 0.328 bits per heavy atom. The van der Waals surface area contributed by atoms with E-state index in [1.807, 2.05) is 0 Å². The number of hydrogen-bond donors (Lipinski definition) is 0. The SMILES string of the molecule is CC1(C)CCC(C)(C)c2cc(-c3cc4c(cc3N(c3ccc5c(c3)C(C)(C)CCC5(C)C)c3ccc5c(c3)C(C)(C)CCC5(C)C)C(C)(C)c3ccccc3-4)ccc21. The molecule has 0 radical (unpaired) electrons. The summed E-state index contributed by atoms with van der Waals surface area (Å²) in [5.41, 5.74) is 21.6. The van der Waals surface area contributed by atoms with E-state index in [0.29, 0.717) is 0 Å². The van der Waals surface area contributed by atoms with E-state index in [9.17, 15) is 0 Å². The van der Waals surface area contributed by atoms with Gasteiger partial charge in [-0.05, 0) is 169 Å². The molecule has 0 atom stereocenters. The third-order valence-electron chi connectivity index (χ3n) is 16.3. The third kappa shape index (κ3) is 5.91. The number of nitrogens with zero attached hydrogens (tertiary/aromatic N) is 1. The Morgan fingerprint density at radius 3 is 1.22 bits per heavy atom. The molecule has 58 heavy (non-hydrogen) atoms. The predicted octanol–water partition coefficient (Wildman–Crippen LogP) is 16.2. The van der Waals surface area contributed by atoms with E-state index >= 15 is 0 Å². The minimum absolute atomic E-state index is 0.0929. The van der Waals surface area contributed by atoms with E-state index in [4.69, 9.17) is 0 Å². The molecule has 0 fully saturated rings. The summed E-state index contributed by atoms with van der Waals surface area (Å²) in [6.45, 7) is 34.3. The van der Waals surface area contributed by atoms with Crippen molar-refractivity contribution in [3.8, 4) is 22.3 Å². The molecule has 0 spiro atoms. The largest absolute Gasteiger partial charge is 0.310 e. The summed E-state index contributed by atoms with van der Waals surface area (Å²) in [7, 11) is 0. The molecule has 0 aliphatic heterocycles. The van der Waals surface area contributed by atoms with Crippen molar-refractivity contribution in [3.05, 3.63) is 136 Å². The zero-order valence-electron chi connectivity index (χ0n) is 38.4. The van der Waals surface area contributed by atoms with Crippen LogP contribution in [0.4, 0.5) is 17.1 Å². The van der Waals surface area contributed by atoms with E-state index in [1.165, 1.54) is 122 Å². The Kier molecular flexibility index (Phi) is 8.46. The molecule has 0 N–H and O–H groups in total. The summed E-state index contributed by atoms with van der Waals surface area (Å²) in [6, 6.07) is 36.9. The van der Waals surface area contributed by atoms with Crippen LogP contribution in [0, 0.1) is 0 Å². The molecule has 1 heteroatoms. The fraction of sp³-hybridized carbons (Fsp3) is 0.474. The first-order valence-electron chi connectivity index (χ1n) is 22.5. The summed E-state index contributed by atoms with van der Waals surface area (Å²) in [5.74, 6) is 0. The highest BCUT2D eigenvalue weighted by atomic mass is 15.1. The number of hydrogen-bond acceptors (Lipinski definition) is 1. The highest BCUT2D eigenvalue weighted by molar-refractivity contribution is 5.95. The molecule has 0 bridgehead atoms. The van der Waals surface area contributed by atoms with Crippen molar-refractivity contribution in [2.75, 3.05) is 4.90 Å². The van der Waals surface area contributed by atoms with Gasteiger partial charge in [0.25, 0.3) is 0 Å². The first-order chi connectivity index (χ1) is 26.9. The van der Waals surface area contributed by atoms with Crippen molar-refractivity contribution < 1.29 is 0 Å². The minimum atomic E-state index is -0.128. The highest BCUT2D eigenvalue weighted by Gasteiger charge is 2.42. The topological polar surface area (TPSA) is 3.24 Å². The van der Waals surface area contributed by atoms with Crippen molar-refractivity contribution in [1.29, 1.82) is 0 Å². The van der Waals surface area contributed by atoms with Crippen molar-refractivity contribution >= 4 is 17.1 Å². The first kappa shape index (κ1) is 39.4. The van der Waals surface area contributed by atoms with Gasteiger partial charge in [-0.25, -0.2) is 0 Å². The van der Waals surface area contributed by atoms with Crippen LogP contribution < -0.4 is 4.90 Å². The summed E-state index contributed by atoms with van der Waals surface area (Å²) in [5, 5.41) is 0. The molecule has 9 rings (SSSR count). The molecular weight excluding hydrogens is 699 g/mol. The van der Waals surface area contributed by atoms with Gasteiger partial charge in [-0.1, -0.05) is 152 Å². The van der Waals surface area contributed by atoms with Gasteiger partial charge in [0.1, 0.15) is 0 Å². The lowest BCUT2D eigenvalue weighted by atomic mass is 9.63. The van der Waals surface area contributed by atoms with Crippen LogP contribution in [0.2, 0.25) is 0 Å². The molecule has 4 aliphatic rings. The summed E-state index contributed by atoms with van der Waals surface area (Å²) < 4.78 is 0. The zero-order chi connectivity index (χ0) is 41.6. The molecule has 4 aliphatic carbocycles. The lowest BCUT2D eigenvalue weighted by molar-refractivity contribution is 0.332. The number of rotatable bonds is 4. The molecular formula is C57H69N. The maximum atomic E-state index is 2.67. The van der Waals surface area contributed by atoms with Gasteiger partial charge >= 0.3 is 0 Å². The second-order valence-electron chi connectivity index (χ2n) is 23.4. The molecule has 1 nitrogen and oxygen atoms in total. The average molecular weight is 768 g/mol. The Labute approximate surface area is 351 Å². The van der Waals surface area contributed by atoms with Crippen LogP contribution in [0.25, 0.3) is 22.3 Å². The molecule has 302 valence electrons. The lowest BCUT2D eigenvalue weighted by Crippen LogP contribution is -2.34. The number of fused-ring (bicyclic) bond motifs is 6. The monoisotopic (exact) mass is 768 g/mol. The summed E-state index contributed by atoms with van der Waals surface area (Å²) >= 11 is 0. The van der Waals surface area contributed by atoms with Crippen LogP contribution in [0.1, 0.15) is 180 Å². The van der Waals surface area contributed by atoms with Crippen LogP contribution in [-0.4, -0.2) is 0 Å². The van der Waals surface area contributed by atoms with Gasteiger partial charge in [0.15, 0.2) is 0 Å². The predicted molar refractivity (Wildman–Crippen MR) is 250 cm³/mol. The highest BCUT2D eigenvalue weighted by Crippen LogP contribution is 2.56. The van der Waals surface area contributed by atoms with Gasteiger partial charge < -0.3 is 4.90 Å². The average Bonchev–Trinajstić information content (AvgIpc) is 3.39. The lowest BCUT2D eigenvalue weighted by Gasteiger charge is -2.44. The van der Waals surface area contributed by atoms with Crippen LogP contribution in [0.15, 0.2) is 91.0 Å². The first-order valence-corrected chi connectivity index (χ1v) is 22.5.